The number of aliphatic hydroxyl groups excluding tert-OH is 1. The van der Waals surface area contributed by atoms with Crippen LogP contribution in [0.4, 0.5) is 8.78 Å². The van der Waals surface area contributed by atoms with Gasteiger partial charge in [0.1, 0.15) is 17.4 Å². The monoisotopic (exact) mass is 278 g/mol. The predicted octanol–water partition coefficient (Wildman–Crippen LogP) is 3.12. The van der Waals surface area contributed by atoms with Crippen molar-refractivity contribution in [2.75, 3.05) is 7.11 Å². The third-order valence-corrected chi connectivity index (χ3v) is 3.02. The number of halogens is 2. The molecule has 0 saturated carbocycles. The molecule has 0 fully saturated rings. The summed E-state index contributed by atoms with van der Waals surface area (Å²) in [6, 6.07) is 10.6. The molecule has 0 amide bonds. The molecular weight excluding hydrogens is 262 g/mol. The van der Waals surface area contributed by atoms with Crippen molar-refractivity contribution in [1.29, 1.82) is 0 Å². The lowest BCUT2D eigenvalue weighted by atomic mass is 10.0. The summed E-state index contributed by atoms with van der Waals surface area (Å²) in [7, 11) is 1.59. The molecule has 1 N–H and O–H groups in total. The topological polar surface area (TPSA) is 29.5 Å². The molecule has 0 saturated heterocycles. The second-order valence-electron chi connectivity index (χ2n) is 4.69. The van der Waals surface area contributed by atoms with E-state index in [1.807, 2.05) is 24.3 Å². The van der Waals surface area contributed by atoms with Crippen LogP contribution in [-0.4, -0.2) is 18.3 Å². The van der Waals surface area contributed by atoms with Gasteiger partial charge in [-0.25, -0.2) is 8.78 Å². The Morgan fingerprint density at radius 2 is 1.50 bits per heavy atom. The normalized spacial score (nSPS) is 12.2. The largest absolute Gasteiger partial charge is 0.497 e. The van der Waals surface area contributed by atoms with Crippen LogP contribution in [0.25, 0.3) is 0 Å². The van der Waals surface area contributed by atoms with Crippen molar-refractivity contribution in [2.24, 2.45) is 0 Å². The Kier molecular flexibility index (Phi) is 4.69. The molecule has 1 unspecified atom stereocenters. The van der Waals surface area contributed by atoms with Crippen LogP contribution in [0.1, 0.15) is 11.1 Å². The van der Waals surface area contributed by atoms with Crippen LogP contribution in [0.3, 0.4) is 0 Å². The maximum Gasteiger partial charge on any atom is 0.126 e. The number of rotatable bonds is 5. The molecule has 106 valence electrons. The minimum absolute atomic E-state index is 0.209. The van der Waals surface area contributed by atoms with Crippen LogP contribution in [0.5, 0.6) is 5.75 Å². The summed E-state index contributed by atoms with van der Waals surface area (Å²) in [6.07, 6.45) is -0.0624. The first-order chi connectivity index (χ1) is 9.56. The molecule has 2 nitrogen and oxygen atoms in total. The lowest BCUT2D eigenvalue weighted by Gasteiger charge is -2.11. The van der Waals surface area contributed by atoms with E-state index in [0.717, 1.165) is 17.4 Å². The van der Waals surface area contributed by atoms with Gasteiger partial charge in [0.25, 0.3) is 0 Å². The van der Waals surface area contributed by atoms with Crippen molar-refractivity contribution in [3.63, 3.8) is 0 Å². The highest BCUT2D eigenvalue weighted by Gasteiger charge is 2.09. The van der Waals surface area contributed by atoms with E-state index >= 15 is 0 Å². The van der Waals surface area contributed by atoms with E-state index in [-0.39, 0.29) is 6.42 Å². The van der Waals surface area contributed by atoms with Crippen LogP contribution >= 0.6 is 0 Å². The second-order valence-corrected chi connectivity index (χ2v) is 4.69. The zero-order valence-corrected chi connectivity index (χ0v) is 11.1. The van der Waals surface area contributed by atoms with Crippen molar-refractivity contribution in [1.82, 2.24) is 0 Å². The Morgan fingerprint density at radius 1 is 0.950 bits per heavy atom. The van der Waals surface area contributed by atoms with E-state index in [1.54, 1.807) is 7.11 Å². The maximum atomic E-state index is 13.1. The first kappa shape index (κ1) is 14.5. The average molecular weight is 278 g/mol. The van der Waals surface area contributed by atoms with Gasteiger partial charge < -0.3 is 9.84 Å². The summed E-state index contributed by atoms with van der Waals surface area (Å²) in [5.41, 5.74) is 1.39. The standard InChI is InChI=1S/C16H16F2O2/c1-20-16-4-2-11(3-5-16)8-15(19)9-12-6-13(17)10-14(18)7-12/h2-7,10,15,19H,8-9H2,1H3. The van der Waals surface area contributed by atoms with E-state index in [0.29, 0.717) is 12.0 Å². The van der Waals surface area contributed by atoms with Gasteiger partial charge in [0.2, 0.25) is 0 Å². The van der Waals surface area contributed by atoms with Crippen molar-refractivity contribution in [3.8, 4) is 5.75 Å². The summed E-state index contributed by atoms with van der Waals surface area (Å²) in [5, 5.41) is 9.99. The number of aliphatic hydroxyl groups is 1. The SMILES string of the molecule is COc1ccc(CC(O)Cc2cc(F)cc(F)c2)cc1. The molecule has 1 atom stereocenters. The van der Waals surface area contributed by atoms with E-state index in [9.17, 15) is 13.9 Å². The molecule has 2 rings (SSSR count). The number of ether oxygens (including phenoxy) is 1. The number of hydrogen-bond acceptors (Lipinski definition) is 2. The Labute approximate surface area is 116 Å². The Balaban J connectivity index is 1.98. The van der Waals surface area contributed by atoms with Crippen LogP contribution < -0.4 is 4.74 Å². The van der Waals surface area contributed by atoms with E-state index < -0.39 is 17.7 Å². The van der Waals surface area contributed by atoms with Gasteiger partial charge in [0.05, 0.1) is 13.2 Å². The van der Waals surface area contributed by atoms with Crippen LogP contribution in [0.15, 0.2) is 42.5 Å². The quantitative estimate of drug-likeness (QED) is 0.910. The van der Waals surface area contributed by atoms with Gasteiger partial charge in [0, 0.05) is 6.07 Å². The van der Waals surface area contributed by atoms with Crippen molar-refractivity contribution in [3.05, 3.63) is 65.2 Å². The molecule has 0 bridgehead atoms. The third kappa shape index (κ3) is 4.03. The predicted molar refractivity (Wildman–Crippen MR) is 72.8 cm³/mol. The molecule has 4 heteroatoms. The molecule has 2 aromatic rings. The lowest BCUT2D eigenvalue weighted by molar-refractivity contribution is 0.175. The molecule has 0 spiro atoms. The Hall–Kier alpha value is -1.94. The first-order valence-electron chi connectivity index (χ1n) is 6.33. The Morgan fingerprint density at radius 3 is 2.05 bits per heavy atom. The highest BCUT2D eigenvalue weighted by Crippen LogP contribution is 2.15. The molecule has 0 heterocycles. The van der Waals surface area contributed by atoms with Gasteiger partial charge in [-0.2, -0.15) is 0 Å². The fraction of sp³-hybridized carbons (Fsp3) is 0.250. The second kappa shape index (κ2) is 6.48. The molecule has 0 aliphatic carbocycles. The molecule has 0 radical (unpaired) electrons. The lowest BCUT2D eigenvalue weighted by Crippen LogP contribution is -2.14. The average Bonchev–Trinajstić information content (AvgIpc) is 2.38. The summed E-state index contributed by atoms with van der Waals surface area (Å²) in [5.74, 6) is -0.510. The molecular formula is C16H16F2O2. The van der Waals surface area contributed by atoms with E-state index in [2.05, 4.69) is 0 Å². The molecule has 2 aromatic carbocycles. The fourth-order valence-electron chi connectivity index (χ4n) is 2.11. The van der Waals surface area contributed by atoms with Crippen molar-refractivity contribution in [2.45, 2.75) is 18.9 Å². The minimum atomic E-state index is -0.690. The zero-order chi connectivity index (χ0) is 14.5. The summed E-state index contributed by atoms with van der Waals surface area (Å²) >= 11 is 0. The maximum absolute atomic E-state index is 13.1. The number of hydrogen-bond donors (Lipinski definition) is 1. The van der Waals surface area contributed by atoms with E-state index in [4.69, 9.17) is 4.74 Å². The summed E-state index contributed by atoms with van der Waals surface area (Å²) in [4.78, 5) is 0. The van der Waals surface area contributed by atoms with Gasteiger partial charge >= 0.3 is 0 Å². The third-order valence-electron chi connectivity index (χ3n) is 3.02. The smallest absolute Gasteiger partial charge is 0.126 e. The van der Waals surface area contributed by atoms with Crippen molar-refractivity contribution < 1.29 is 18.6 Å². The minimum Gasteiger partial charge on any atom is -0.497 e. The van der Waals surface area contributed by atoms with Gasteiger partial charge in [-0.1, -0.05) is 12.1 Å². The van der Waals surface area contributed by atoms with Gasteiger partial charge in [0.15, 0.2) is 0 Å². The molecule has 0 aliphatic heterocycles. The molecule has 0 aromatic heterocycles. The van der Waals surface area contributed by atoms with Crippen LogP contribution in [-0.2, 0) is 12.8 Å². The van der Waals surface area contributed by atoms with E-state index in [1.165, 1.54) is 12.1 Å². The van der Waals surface area contributed by atoms with Gasteiger partial charge in [-0.05, 0) is 48.2 Å². The zero-order valence-electron chi connectivity index (χ0n) is 11.1. The highest BCUT2D eigenvalue weighted by molar-refractivity contribution is 5.28. The van der Waals surface area contributed by atoms with Crippen molar-refractivity contribution >= 4 is 0 Å². The van der Waals surface area contributed by atoms with Gasteiger partial charge in [-0.15, -0.1) is 0 Å². The number of benzene rings is 2. The first-order valence-corrected chi connectivity index (χ1v) is 6.33. The van der Waals surface area contributed by atoms with Crippen LogP contribution in [0.2, 0.25) is 0 Å². The molecule has 0 aliphatic rings. The summed E-state index contributed by atoms with van der Waals surface area (Å²) in [6.45, 7) is 0. The number of methoxy groups -OCH3 is 1. The van der Waals surface area contributed by atoms with Crippen LogP contribution in [0, 0.1) is 11.6 Å². The van der Waals surface area contributed by atoms with Gasteiger partial charge in [-0.3, -0.25) is 0 Å². The molecule has 20 heavy (non-hydrogen) atoms. The Bertz CT molecular complexity index is 547. The highest BCUT2D eigenvalue weighted by atomic mass is 19.1. The fourth-order valence-corrected chi connectivity index (χ4v) is 2.11. The summed E-state index contributed by atoms with van der Waals surface area (Å²) < 4.78 is 31.2.